The molecule has 0 unspecified atom stereocenters. The predicted octanol–water partition coefficient (Wildman–Crippen LogP) is 11.4. The highest BCUT2D eigenvalue weighted by Crippen LogP contribution is 2.49. The number of hydrogen-bond donors (Lipinski definition) is 2. The summed E-state index contributed by atoms with van der Waals surface area (Å²) in [6.07, 6.45) is 16.4. The Labute approximate surface area is 505 Å². The van der Waals surface area contributed by atoms with Gasteiger partial charge in [0.15, 0.2) is 11.6 Å². The maximum absolute atomic E-state index is 13.4. The number of allylic oxidation sites excluding steroid dienone is 4. The number of halogens is 2. The van der Waals surface area contributed by atoms with E-state index in [-0.39, 0.29) is 80.9 Å². The summed E-state index contributed by atoms with van der Waals surface area (Å²) in [6.45, 7) is 14.3. The molecule has 2 spiro atoms. The van der Waals surface area contributed by atoms with Crippen LogP contribution in [-0.4, -0.2) is 90.1 Å². The molecule has 2 amide bonds. The quantitative estimate of drug-likeness (QED) is 0.170. The molecule has 12 atom stereocenters. The van der Waals surface area contributed by atoms with Crippen molar-refractivity contribution < 1.29 is 45.5 Å². The maximum atomic E-state index is 13.4. The first-order valence-electron chi connectivity index (χ1n) is 30.1. The molecule has 2 saturated carbocycles. The second kappa shape index (κ2) is 23.5. The van der Waals surface area contributed by atoms with Gasteiger partial charge >= 0.3 is 0 Å². The molecule has 8 aliphatic rings. The topological polar surface area (TPSA) is 186 Å². The largest absolute Gasteiger partial charge is 0.490 e. The number of ketones is 2. The minimum absolute atomic E-state index is 0.0784. The van der Waals surface area contributed by atoms with Crippen molar-refractivity contribution in [2.45, 2.75) is 127 Å². The van der Waals surface area contributed by atoms with Gasteiger partial charge in [0, 0.05) is 70.0 Å². The number of carbonyl (C=O) groups excluding carboxylic acids is 4. The van der Waals surface area contributed by atoms with Crippen LogP contribution in [0.25, 0.3) is 0 Å². The van der Waals surface area contributed by atoms with Gasteiger partial charge in [0.05, 0.1) is 35.1 Å². The molecular formula is C66H78Cl2N4O10S2. The summed E-state index contributed by atoms with van der Waals surface area (Å²) in [5.74, 6) is -0.497. The number of fused-ring (bicyclic) bond motifs is 8. The molecule has 4 aliphatic heterocycles. The third kappa shape index (κ3) is 11.7. The molecule has 0 radical (unpaired) electrons. The van der Waals surface area contributed by atoms with Gasteiger partial charge in [0.2, 0.25) is 20.0 Å². The van der Waals surface area contributed by atoms with Gasteiger partial charge in [-0.3, -0.25) is 19.2 Å². The number of hydrogen-bond acceptors (Lipinski definition) is 12. The lowest BCUT2D eigenvalue weighted by Crippen LogP contribution is -2.49. The monoisotopic (exact) mass is 1220 g/mol. The summed E-state index contributed by atoms with van der Waals surface area (Å²) in [5, 5.41) is -0.218. The van der Waals surface area contributed by atoms with Crippen molar-refractivity contribution in [3.05, 3.63) is 141 Å². The molecule has 18 heteroatoms. The van der Waals surface area contributed by atoms with E-state index in [9.17, 15) is 36.0 Å². The number of amides is 2. The number of rotatable bonds is 0. The number of ether oxygens (including phenoxy) is 2. The summed E-state index contributed by atoms with van der Waals surface area (Å²) in [6, 6.07) is 22.6. The minimum Gasteiger partial charge on any atom is -0.490 e. The fraction of sp³-hybridized carbons (Fsp3) is 0.515. The van der Waals surface area contributed by atoms with Gasteiger partial charge < -0.3 is 19.3 Å². The van der Waals surface area contributed by atoms with E-state index in [0.29, 0.717) is 50.9 Å². The minimum atomic E-state index is -3.97. The number of anilines is 2. The molecule has 4 bridgehead atoms. The molecule has 4 heterocycles. The van der Waals surface area contributed by atoms with Gasteiger partial charge in [-0.15, -0.1) is 0 Å². The van der Waals surface area contributed by atoms with Crippen LogP contribution in [-0.2, 0) is 53.3 Å². The number of nitrogens with zero attached hydrogens (tertiary/aromatic N) is 2. The summed E-state index contributed by atoms with van der Waals surface area (Å²) in [5.41, 5.74) is 6.43. The molecule has 12 rings (SSSR count). The van der Waals surface area contributed by atoms with Crippen LogP contribution in [0.4, 0.5) is 11.4 Å². The number of aryl methyl sites for hydroxylation is 2. The Bertz CT molecular complexity index is 3340. The van der Waals surface area contributed by atoms with Crippen molar-refractivity contribution in [1.82, 2.24) is 9.44 Å². The van der Waals surface area contributed by atoms with E-state index >= 15 is 0 Å². The van der Waals surface area contributed by atoms with Crippen LogP contribution in [0.3, 0.4) is 0 Å². The lowest BCUT2D eigenvalue weighted by Gasteiger charge is -2.44. The van der Waals surface area contributed by atoms with Crippen molar-refractivity contribution in [2.75, 3.05) is 49.2 Å². The molecular weight excluding hydrogens is 1140 g/mol. The molecule has 2 N–H and O–H groups in total. The van der Waals surface area contributed by atoms with Crippen molar-refractivity contribution in [3.63, 3.8) is 0 Å². The van der Waals surface area contributed by atoms with E-state index in [0.717, 1.165) is 85.6 Å². The first kappa shape index (κ1) is 60.0. The molecule has 4 aromatic rings. The van der Waals surface area contributed by atoms with E-state index in [4.69, 9.17) is 32.7 Å². The zero-order chi connectivity index (χ0) is 59.6. The van der Waals surface area contributed by atoms with Crippen LogP contribution in [0.2, 0.25) is 10.0 Å². The summed E-state index contributed by atoms with van der Waals surface area (Å²) < 4.78 is 70.7. The van der Waals surface area contributed by atoms with Gasteiger partial charge in [0.25, 0.3) is 11.8 Å². The number of benzene rings is 4. The molecule has 0 saturated heterocycles. The van der Waals surface area contributed by atoms with Crippen LogP contribution < -0.4 is 28.7 Å². The van der Waals surface area contributed by atoms with Crippen molar-refractivity contribution in [1.29, 1.82) is 0 Å². The highest BCUT2D eigenvalue weighted by Gasteiger charge is 2.47. The number of nitrogens with one attached hydrogen (secondary N) is 2. The van der Waals surface area contributed by atoms with Crippen LogP contribution in [0.1, 0.15) is 136 Å². The fourth-order valence-electron chi connectivity index (χ4n) is 14.5. The van der Waals surface area contributed by atoms with E-state index in [2.05, 4.69) is 43.5 Å². The summed E-state index contributed by atoms with van der Waals surface area (Å²) in [7, 11) is -7.93. The zero-order valence-corrected chi connectivity index (χ0v) is 52.0. The SMILES string of the molecule is C[C@@H]1[C@@H](C)S(=O)(=O)NC(=O)c2ccc3c(c2)N(C[C@@H]2CC[C@H]2C(=O)/C=C/[C@@H]1C)C[C@@]1(CCCc2cc(Cl)ccc21)CO3.C[C@H]1[C@H](C)/C=C/C(=O)[C@@H]2CC[C@H]2CN2C[C@@]3(CCCc4cc(Cl)ccc43)COc3ccc(cc32)C(=O)NS(=O)(=O)[C@@H]1C. The fourth-order valence-corrected chi connectivity index (χ4v) is 17.6. The third-order valence-corrected chi connectivity index (χ3v) is 25.0. The Morgan fingerprint density at radius 2 is 0.940 bits per heavy atom. The van der Waals surface area contributed by atoms with Crippen LogP contribution in [0.15, 0.2) is 97.1 Å². The molecule has 2 fully saturated rings. The van der Waals surface area contributed by atoms with Crippen molar-refractivity contribution in [3.8, 4) is 11.5 Å². The van der Waals surface area contributed by atoms with Gasteiger partial charge in [-0.25, -0.2) is 26.3 Å². The Hall–Kier alpha value is -5.68. The van der Waals surface area contributed by atoms with Crippen molar-refractivity contribution >= 4 is 78.0 Å². The smallest absolute Gasteiger partial charge is 0.264 e. The first-order valence-corrected chi connectivity index (χ1v) is 34.0. The van der Waals surface area contributed by atoms with Gasteiger partial charge in [-0.2, -0.15) is 0 Å². The van der Waals surface area contributed by atoms with E-state index in [1.807, 2.05) is 52.0 Å². The molecule has 4 aromatic carbocycles. The van der Waals surface area contributed by atoms with Gasteiger partial charge in [0.1, 0.15) is 11.5 Å². The highest BCUT2D eigenvalue weighted by molar-refractivity contribution is 7.91. The maximum Gasteiger partial charge on any atom is 0.264 e. The summed E-state index contributed by atoms with van der Waals surface area (Å²) >= 11 is 12.8. The van der Waals surface area contributed by atoms with Crippen LogP contribution >= 0.6 is 23.2 Å². The number of carbonyl (C=O) groups is 4. The molecule has 14 nitrogen and oxygen atoms in total. The lowest BCUT2D eigenvalue weighted by molar-refractivity contribution is -0.123. The van der Waals surface area contributed by atoms with Crippen molar-refractivity contribution in [2.24, 2.45) is 47.3 Å². The second-order valence-corrected chi connectivity index (χ2v) is 30.7. The second-order valence-electron chi connectivity index (χ2n) is 25.8. The average Bonchev–Trinajstić information content (AvgIpc) is 3.55. The Morgan fingerprint density at radius 1 is 0.536 bits per heavy atom. The Balaban J connectivity index is 0.000000175. The Kier molecular flexibility index (Phi) is 16.8. The van der Waals surface area contributed by atoms with Crippen LogP contribution in [0, 0.1) is 47.3 Å². The standard InChI is InChI=1S/2C33H39ClN2O5S/c2*1-20-6-12-30(37)27-10-7-25(27)17-36-18-33(14-4-5-23-15-26(34)9-11-28(23)33)19-41-31-13-8-24(16-29(31)36)32(38)35-42(39,40)22(3)21(20)2/h2*6,8-9,11-13,15-16,20-22,25,27H,4-5,7,10,14,17-19H2,1-3H3,(H,35,38)/b2*12-6+/t20-,21+,22-,25+,27-,33+;20-,21-,22+,25-,27+,33-/m10/s1. The molecule has 0 aromatic heterocycles. The van der Waals surface area contributed by atoms with E-state index in [1.54, 1.807) is 62.4 Å². The van der Waals surface area contributed by atoms with Gasteiger partial charge in [-0.1, -0.05) is 75.2 Å². The Morgan fingerprint density at radius 3 is 1.32 bits per heavy atom. The van der Waals surface area contributed by atoms with Crippen LogP contribution in [0.5, 0.6) is 11.5 Å². The molecule has 4 aliphatic carbocycles. The average molecular weight is 1220 g/mol. The first-order chi connectivity index (χ1) is 39.9. The lowest BCUT2D eigenvalue weighted by atomic mass is 9.68. The summed E-state index contributed by atoms with van der Waals surface area (Å²) in [4.78, 5) is 58.0. The third-order valence-electron chi connectivity index (χ3n) is 20.8. The van der Waals surface area contributed by atoms with E-state index in [1.165, 1.54) is 22.3 Å². The predicted molar refractivity (Wildman–Crippen MR) is 330 cm³/mol. The molecule has 448 valence electrons. The highest BCUT2D eigenvalue weighted by atomic mass is 35.5. The normalized spacial score (nSPS) is 33.3. The van der Waals surface area contributed by atoms with E-state index < -0.39 is 42.4 Å². The molecule has 84 heavy (non-hydrogen) atoms. The zero-order valence-electron chi connectivity index (χ0n) is 48.9. The number of sulfonamides is 2. The van der Waals surface area contributed by atoms with Gasteiger partial charge in [-0.05, 0) is 209 Å².